The Hall–Kier alpha value is -1.02. The van der Waals surface area contributed by atoms with Crippen molar-refractivity contribution < 1.29 is 9.84 Å². The van der Waals surface area contributed by atoms with Gasteiger partial charge in [-0.25, -0.2) is 0 Å². The average Bonchev–Trinajstić information content (AvgIpc) is 2.28. The fourth-order valence-corrected chi connectivity index (χ4v) is 2.47. The number of rotatable bonds is 3. The first-order chi connectivity index (χ1) is 7.35. The quantitative estimate of drug-likeness (QED) is 0.821. The van der Waals surface area contributed by atoms with Crippen LogP contribution in [0.4, 0.5) is 0 Å². The number of fused-ring (bicyclic) bond motifs is 1. The van der Waals surface area contributed by atoms with Crippen LogP contribution in [0.5, 0.6) is 5.75 Å². The molecule has 0 amide bonds. The summed E-state index contributed by atoms with van der Waals surface area (Å²) in [5.74, 6) is 1.67. The Balaban J connectivity index is 2.20. The molecule has 1 aromatic rings. The molecule has 2 rings (SSSR count). The molecule has 1 N–H and O–H groups in total. The van der Waals surface area contributed by atoms with E-state index in [1.54, 1.807) is 7.11 Å². The normalized spacial score (nSPS) is 19.7. The van der Waals surface area contributed by atoms with Gasteiger partial charge in [-0.15, -0.1) is 0 Å². The molecule has 1 unspecified atom stereocenters. The highest BCUT2D eigenvalue weighted by molar-refractivity contribution is 5.41. The highest BCUT2D eigenvalue weighted by Gasteiger charge is 2.20. The standard InChI is InChI=1S/C13H18O2/c1-15-13-4-2-3-11-9-10(7-8-14)5-6-12(11)13/h2-4,10,14H,5-9H2,1H3. The van der Waals surface area contributed by atoms with Crippen LogP contribution in [-0.2, 0) is 12.8 Å². The maximum Gasteiger partial charge on any atom is 0.122 e. The van der Waals surface area contributed by atoms with Gasteiger partial charge in [0, 0.05) is 6.61 Å². The average molecular weight is 206 g/mol. The van der Waals surface area contributed by atoms with Crippen LogP contribution in [0.25, 0.3) is 0 Å². The summed E-state index contributed by atoms with van der Waals surface area (Å²) in [6, 6.07) is 6.27. The van der Waals surface area contributed by atoms with Gasteiger partial charge in [-0.05, 0) is 48.8 Å². The van der Waals surface area contributed by atoms with E-state index in [-0.39, 0.29) is 0 Å². The summed E-state index contributed by atoms with van der Waals surface area (Å²) < 4.78 is 5.36. The van der Waals surface area contributed by atoms with Gasteiger partial charge in [0.15, 0.2) is 0 Å². The SMILES string of the molecule is COc1cccc2c1CCC(CCO)C2. The molecule has 0 aromatic heterocycles. The maximum atomic E-state index is 8.94. The third kappa shape index (κ3) is 2.15. The molecule has 15 heavy (non-hydrogen) atoms. The number of methoxy groups -OCH3 is 1. The van der Waals surface area contributed by atoms with Gasteiger partial charge in [0.05, 0.1) is 7.11 Å². The topological polar surface area (TPSA) is 29.5 Å². The number of hydrogen-bond donors (Lipinski definition) is 1. The highest BCUT2D eigenvalue weighted by atomic mass is 16.5. The van der Waals surface area contributed by atoms with Crippen LogP contribution in [0.1, 0.15) is 24.0 Å². The number of hydrogen-bond acceptors (Lipinski definition) is 2. The van der Waals surface area contributed by atoms with Crippen molar-refractivity contribution in [1.82, 2.24) is 0 Å². The monoisotopic (exact) mass is 206 g/mol. The number of aliphatic hydroxyl groups excluding tert-OH is 1. The van der Waals surface area contributed by atoms with Crippen LogP contribution in [0.2, 0.25) is 0 Å². The molecule has 1 aromatic carbocycles. The predicted octanol–water partition coefficient (Wildman–Crippen LogP) is 2.18. The van der Waals surface area contributed by atoms with E-state index >= 15 is 0 Å². The second-order valence-corrected chi connectivity index (χ2v) is 4.22. The van der Waals surface area contributed by atoms with Crippen LogP contribution in [0.3, 0.4) is 0 Å². The summed E-state index contributed by atoms with van der Waals surface area (Å²) in [6.07, 6.45) is 4.28. The minimum absolute atomic E-state index is 0.309. The molecular weight excluding hydrogens is 188 g/mol. The van der Waals surface area contributed by atoms with Crippen molar-refractivity contribution in [2.24, 2.45) is 5.92 Å². The molecule has 0 bridgehead atoms. The summed E-state index contributed by atoms with van der Waals surface area (Å²) in [4.78, 5) is 0. The highest BCUT2D eigenvalue weighted by Crippen LogP contribution is 2.32. The largest absolute Gasteiger partial charge is 0.496 e. The fraction of sp³-hybridized carbons (Fsp3) is 0.538. The zero-order valence-corrected chi connectivity index (χ0v) is 9.20. The lowest BCUT2D eigenvalue weighted by atomic mass is 9.82. The first-order valence-corrected chi connectivity index (χ1v) is 5.60. The minimum atomic E-state index is 0.309. The molecule has 0 spiro atoms. The van der Waals surface area contributed by atoms with Crippen LogP contribution in [0, 0.1) is 5.92 Å². The van der Waals surface area contributed by atoms with Crippen molar-refractivity contribution >= 4 is 0 Å². The summed E-state index contributed by atoms with van der Waals surface area (Å²) in [6.45, 7) is 0.309. The Labute approximate surface area is 90.9 Å². The van der Waals surface area contributed by atoms with E-state index in [1.807, 2.05) is 6.07 Å². The van der Waals surface area contributed by atoms with E-state index in [0.717, 1.165) is 25.0 Å². The van der Waals surface area contributed by atoms with E-state index in [1.165, 1.54) is 17.5 Å². The van der Waals surface area contributed by atoms with Crippen molar-refractivity contribution in [1.29, 1.82) is 0 Å². The lowest BCUT2D eigenvalue weighted by Gasteiger charge is -2.25. The van der Waals surface area contributed by atoms with Gasteiger partial charge in [0.2, 0.25) is 0 Å². The number of benzene rings is 1. The van der Waals surface area contributed by atoms with E-state index < -0.39 is 0 Å². The van der Waals surface area contributed by atoms with Crippen molar-refractivity contribution in [3.8, 4) is 5.75 Å². The van der Waals surface area contributed by atoms with Crippen LogP contribution >= 0.6 is 0 Å². The van der Waals surface area contributed by atoms with E-state index in [4.69, 9.17) is 9.84 Å². The lowest BCUT2D eigenvalue weighted by molar-refractivity contribution is 0.247. The van der Waals surface area contributed by atoms with E-state index in [9.17, 15) is 0 Å². The minimum Gasteiger partial charge on any atom is -0.496 e. The zero-order valence-electron chi connectivity index (χ0n) is 9.20. The first-order valence-electron chi connectivity index (χ1n) is 5.60. The second-order valence-electron chi connectivity index (χ2n) is 4.22. The Morgan fingerprint density at radius 3 is 3.07 bits per heavy atom. The molecule has 0 radical (unpaired) electrons. The van der Waals surface area contributed by atoms with Crippen molar-refractivity contribution in [3.63, 3.8) is 0 Å². The summed E-state index contributed by atoms with van der Waals surface area (Å²) in [7, 11) is 1.73. The van der Waals surface area contributed by atoms with Crippen LogP contribution in [0.15, 0.2) is 18.2 Å². The van der Waals surface area contributed by atoms with Crippen molar-refractivity contribution in [2.45, 2.75) is 25.7 Å². The molecule has 2 nitrogen and oxygen atoms in total. The third-order valence-corrected chi connectivity index (χ3v) is 3.30. The summed E-state index contributed by atoms with van der Waals surface area (Å²) in [5.41, 5.74) is 2.77. The first kappa shape index (κ1) is 10.5. The van der Waals surface area contributed by atoms with Gasteiger partial charge in [-0.2, -0.15) is 0 Å². The molecule has 1 aliphatic rings. The lowest BCUT2D eigenvalue weighted by Crippen LogP contribution is -2.16. The Morgan fingerprint density at radius 1 is 1.47 bits per heavy atom. The zero-order chi connectivity index (χ0) is 10.7. The smallest absolute Gasteiger partial charge is 0.122 e. The summed E-state index contributed by atoms with van der Waals surface area (Å²) in [5, 5.41) is 8.94. The van der Waals surface area contributed by atoms with Crippen LogP contribution in [-0.4, -0.2) is 18.8 Å². The molecule has 1 atom stereocenters. The Morgan fingerprint density at radius 2 is 2.33 bits per heavy atom. The molecule has 82 valence electrons. The van der Waals surface area contributed by atoms with E-state index in [0.29, 0.717) is 12.5 Å². The third-order valence-electron chi connectivity index (χ3n) is 3.30. The van der Waals surface area contributed by atoms with Gasteiger partial charge in [0.1, 0.15) is 5.75 Å². The van der Waals surface area contributed by atoms with E-state index in [2.05, 4.69) is 12.1 Å². The van der Waals surface area contributed by atoms with Gasteiger partial charge >= 0.3 is 0 Å². The Kier molecular flexibility index (Phi) is 3.27. The number of aliphatic hydroxyl groups is 1. The molecule has 0 fully saturated rings. The molecule has 1 aliphatic carbocycles. The van der Waals surface area contributed by atoms with Gasteiger partial charge in [-0.1, -0.05) is 12.1 Å². The molecule has 2 heteroatoms. The Bertz CT molecular complexity index is 333. The fourth-order valence-electron chi connectivity index (χ4n) is 2.47. The maximum absolute atomic E-state index is 8.94. The summed E-state index contributed by atoms with van der Waals surface area (Å²) >= 11 is 0. The second kappa shape index (κ2) is 4.67. The molecular formula is C13H18O2. The molecule has 0 saturated heterocycles. The van der Waals surface area contributed by atoms with Gasteiger partial charge < -0.3 is 9.84 Å². The van der Waals surface area contributed by atoms with Crippen LogP contribution < -0.4 is 4.74 Å². The van der Waals surface area contributed by atoms with Gasteiger partial charge in [-0.3, -0.25) is 0 Å². The van der Waals surface area contributed by atoms with Gasteiger partial charge in [0.25, 0.3) is 0 Å². The molecule has 0 heterocycles. The molecule has 0 saturated carbocycles. The molecule has 0 aliphatic heterocycles. The van der Waals surface area contributed by atoms with Crippen molar-refractivity contribution in [2.75, 3.05) is 13.7 Å². The number of ether oxygens (including phenoxy) is 1. The van der Waals surface area contributed by atoms with Crippen molar-refractivity contribution in [3.05, 3.63) is 29.3 Å². The predicted molar refractivity (Wildman–Crippen MR) is 60.2 cm³/mol.